The molecule has 0 radical (unpaired) electrons. The van der Waals surface area contributed by atoms with Gasteiger partial charge in [-0.3, -0.25) is 4.79 Å². The van der Waals surface area contributed by atoms with Crippen LogP contribution >= 0.6 is 0 Å². The highest BCUT2D eigenvalue weighted by Gasteiger charge is 2.11. The number of aromatic nitrogens is 2. The van der Waals surface area contributed by atoms with Crippen molar-refractivity contribution in [1.82, 2.24) is 9.55 Å². The molecule has 2 aromatic rings. The number of imidazole rings is 1. The molecule has 0 saturated carbocycles. The monoisotopic (exact) mass is 256 g/mol. The molecule has 0 spiro atoms. The molecule has 5 nitrogen and oxygen atoms in total. The van der Waals surface area contributed by atoms with E-state index in [-0.39, 0.29) is 12.3 Å². The van der Waals surface area contributed by atoms with Gasteiger partial charge in [-0.1, -0.05) is 13.8 Å². The van der Waals surface area contributed by atoms with Crippen molar-refractivity contribution in [2.45, 2.75) is 26.2 Å². The molecule has 0 aliphatic heterocycles. The van der Waals surface area contributed by atoms with Gasteiger partial charge in [0, 0.05) is 18.7 Å². The number of rotatable bonds is 3. The molecule has 19 heavy (non-hydrogen) atoms. The third-order valence-electron chi connectivity index (χ3n) is 2.96. The van der Waals surface area contributed by atoms with E-state index in [2.05, 4.69) is 28.7 Å². The topological polar surface area (TPSA) is 70.7 Å². The van der Waals surface area contributed by atoms with E-state index in [9.17, 15) is 4.79 Å². The Morgan fingerprint density at radius 1 is 1.53 bits per heavy atom. The highest BCUT2D eigenvalue weighted by molar-refractivity contribution is 5.94. The van der Waals surface area contributed by atoms with Gasteiger partial charge in [-0.15, -0.1) is 0 Å². The fraction of sp³-hybridized carbons (Fsp3) is 0.357. The van der Waals surface area contributed by atoms with Gasteiger partial charge in [-0.05, 0) is 18.2 Å². The second-order valence-corrected chi connectivity index (χ2v) is 4.77. The maximum atomic E-state index is 11.4. The Morgan fingerprint density at radius 3 is 2.89 bits per heavy atom. The molecular formula is C14H16N4O. The molecule has 0 atom stereocenters. The summed E-state index contributed by atoms with van der Waals surface area (Å²) in [5.41, 5.74) is 2.55. The average Bonchev–Trinajstić information content (AvgIpc) is 2.67. The maximum Gasteiger partial charge on any atom is 0.238 e. The molecule has 1 aromatic carbocycles. The van der Waals surface area contributed by atoms with Crippen LogP contribution in [0.2, 0.25) is 0 Å². The molecule has 1 heterocycles. The number of hydrogen-bond acceptors (Lipinski definition) is 3. The summed E-state index contributed by atoms with van der Waals surface area (Å²) in [5, 5.41) is 11.1. The van der Waals surface area contributed by atoms with Crippen molar-refractivity contribution in [3.8, 4) is 6.07 Å². The number of benzene rings is 1. The van der Waals surface area contributed by atoms with Gasteiger partial charge >= 0.3 is 0 Å². The Morgan fingerprint density at radius 2 is 2.26 bits per heavy atom. The Labute approximate surface area is 111 Å². The number of anilines is 1. The largest absolute Gasteiger partial charge is 0.331 e. The molecule has 0 fully saturated rings. The predicted octanol–water partition coefficient (Wildman–Crippen LogP) is 2.55. The minimum absolute atomic E-state index is 0.141. The third kappa shape index (κ3) is 2.58. The fourth-order valence-corrected chi connectivity index (χ4v) is 2.09. The first kappa shape index (κ1) is 13.1. The van der Waals surface area contributed by atoms with Crippen LogP contribution in [0.3, 0.4) is 0 Å². The number of hydrogen-bond donors (Lipinski definition) is 1. The zero-order valence-electron chi connectivity index (χ0n) is 11.3. The summed E-state index contributed by atoms with van der Waals surface area (Å²) >= 11 is 0. The second kappa shape index (κ2) is 5.11. The van der Waals surface area contributed by atoms with Crippen molar-refractivity contribution in [3.05, 3.63) is 24.0 Å². The summed E-state index contributed by atoms with van der Waals surface area (Å²) in [4.78, 5) is 15.9. The molecule has 1 aromatic heterocycles. The Balaban J connectivity index is 2.36. The zero-order valence-corrected chi connectivity index (χ0v) is 11.3. The van der Waals surface area contributed by atoms with Crippen molar-refractivity contribution in [3.63, 3.8) is 0 Å². The number of amides is 1. The third-order valence-corrected chi connectivity index (χ3v) is 2.96. The molecule has 5 heteroatoms. The van der Waals surface area contributed by atoms with Crippen LogP contribution in [-0.4, -0.2) is 15.5 Å². The molecule has 1 amide bonds. The Bertz CT molecular complexity index is 664. The van der Waals surface area contributed by atoms with Crippen LogP contribution in [-0.2, 0) is 11.8 Å². The standard InChI is InChI=1S/C14H16N4O/c1-9(2)14-17-11-8-10(16-13(19)6-7-15)4-5-12(11)18(14)3/h4-5,8-9H,6H2,1-3H3,(H,16,19). The summed E-state index contributed by atoms with van der Waals surface area (Å²) in [6, 6.07) is 7.40. The zero-order chi connectivity index (χ0) is 14.0. The fourth-order valence-electron chi connectivity index (χ4n) is 2.09. The van der Waals surface area contributed by atoms with Crippen LogP contribution in [0.1, 0.15) is 32.0 Å². The number of fused-ring (bicyclic) bond motifs is 1. The van der Waals surface area contributed by atoms with E-state index in [1.807, 2.05) is 31.3 Å². The lowest BCUT2D eigenvalue weighted by molar-refractivity contribution is -0.115. The lowest BCUT2D eigenvalue weighted by atomic mass is 10.2. The van der Waals surface area contributed by atoms with Gasteiger partial charge < -0.3 is 9.88 Å². The van der Waals surface area contributed by atoms with E-state index < -0.39 is 0 Å². The second-order valence-electron chi connectivity index (χ2n) is 4.77. The number of carbonyl (C=O) groups excluding carboxylic acids is 1. The number of aryl methyl sites for hydroxylation is 1. The van der Waals surface area contributed by atoms with Gasteiger partial charge in [-0.2, -0.15) is 5.26 Å². The van der Waals surface area contributed by atoms with Crippen LogP contribution in [0.25, 0.3) is 11.0 Å². The van der Waals surface area contributed by atoms with Crippen molar-refractivity contribution in [2.75, 3.05) is 5.32 Å². The molecule has 98 valence electrons. The van der Waals surface area contributed by atoms with Gasteiger partial charge in [0.25, 0.3) is 0 Å². The SMILES string of the molecule is CC(C)c1nc2cc(NC(=O)CC#N)ccc2n1C. The van der Waals surface area contributed by atoms with Crippen LogP contribution in [0, 0.1) is 11.3 Å². The Kier molecular flexibility index (Phi) is 3.52. The van der Waals surface area contributed by atoms with Gasteiger partial charge in [0.1, 0.15) is 12.2 Å². The highest BCUT2D eigenvalue weighted by Crippen LogP contribution is 2.23. The van der Waals surface area contributed by atoms with E-state index in [0.717, 1.165) is 16.9 Å². The van der Waals surface area contributed by atoms with Gasteiger partial charge in [-0.25, -0.2) is 4.98 Å². The molecule has 1 N–H and O–H groups in total. The first-order valence-corrected chi connectivity index (χ1v) is 6.16. The first-order chi connectivity index (χ1) is 9.02. The predicted molar refractivity (Wildman–Crippen MR) is 73.7 cm³/mol. The smallest absolute Gasteiger partial charge is 0.238 e. The molecule has 0 unspecified atom stereocenters. The molecule has 0 bridgehead atoms. The first-order valence-electron chi connectivity index (χ1n) is 6.16. The summed E-state index contributed by atoms with van der Waals surface area (Å²) < 4.78 is 2.06. The lowest BCUT2D eigenvalue weighted by Crippen LogP contribution is -2.09. The van der Waals surface area contributed by atoms with Crippen molar-refractivity contribution < 1.29 is 4.79 Å². The van der Waals surface area contributed by atoms with E-state index >= 15 is 0 Å². The molecule has 0 aliphatic carbocycles. The average molecular weight is 256 g/mol. The summed E-state index contributed by atoms with van der Waals surface area (Å²) in [6.45, 7) is 4.19. The normalized spacial score (nSPS) is 10.7. The van der Waals surface area contributed by atoms with Crippen LogP contribution in [0.5, 0.6) is 0 Å². The van der Waals surface area contributed by atoms with Crippen molar-refractivity contribution >= 4 is 22.6 Å². The molecule has 0 saturated heterocycles. The van der Waals surface area contributed by atoms with Gasteiger partial charge in [0.05, 0.1) is 17.1 Å². The van der Waals surface area contributed by atoms with E-state index in [4.69, 9.17) is 5.26 Å². The van der Waals surface area contributed by atoms with Crippen LogP contribution < -0.4 is 5.32 Å². The number of nitriles is 1. The lowest BCUT2D eigenvalue weighted by Gasteiger charge is -2.05. The van der Waals surface area contributed by atoms with E-state index in [1.165, 1.54) is 0 Å². The minimum Gasteiger partial charge on any atom is -0.331 e. The summed E-state index contributed by atoms with van der Waals surface area (Å²) in [5.74, 6) is 1.05. The molecule has 2 rings (SSSR count). The van der Waals surface area contributed by atoms with Crippen LogP contribution in [0.15, 0.2) is 18.2 Å². The van der Waals surface area contributed by atoms with Crippen molar-refractivity contribution in [2.24, 2.45) is 7.05 Å². The molecule has 0 aliphatic rings. The number of nitrogens with zero attached hydrogens (tertiary/aromatic N) is 3. The quantitative estimate of drug-likeness (QED) is 0.917. The van der Waals surface area contributed by atoms with E-state index in [0.29, 0.717) is 11.6 Å². The summed E-state index contributed by atoms with van der Waals surface area (Å²) in [7, 11) is 1.98. The van der Waals surface area contributed by atoms with E-state index in [1.54, 1.807) is 0 Å². The number of nitrogens with one attached hydrogen (secondary N) is 1. The minimum atomic E-state index is -0.304. The van der Waals surface area contributed by atoms with Crippen LogP contribution in [0.4, 0.5) is 5.69 Å². The highest BCUT2D eigenvalue weighted by atomic mass is 16.1. The maximum absolute atomic E-state index is 11.4. The number of carbonyl (C=O) groups is 1. The van der Waals surface area contributed by atoms with Gasteiger partial charge in [0.2, 0.25) is 5.91 Å². The molecular weight excluding hydrogens is 240 g/mol. The summed E-state index contributed by atoms with van der Waals surface area (Å²) in [6.07, 6.45) is -0.141. The van der Waals surface area contributed by atoms with Crippen molar-refractivity contribution in [1.29, 1.82) is 5.26 Å². The van der Waals surface area contributed by atoms with Gasteiger partial charge in [0.15, 0.2) is 0 Å². The Hall–Kier alpha value is -2.35.